The number of hydrogen-bond acceptors (Lipinski definition) is 8. The van der Waals surface area contributed by atoms with Crippen LogP contribution in [-0.2, 0) is 4.79 Å². The molecular formula is C22H24N6O4. The predicted molar refractivity (Wildman–Crippen MR) is 117 cm³/mol. The highest BCUT2D eigenvalue weighted by molar-refractivity contribution is 5.92. The van der Waals surface area contributed by atoms with Crippen molar-refractivity contribution in [1.82, 2.24) is 20.1 Å². The molecular weight excluding hydrogens is 412 g/mol. The van der Waals surface area contributed by atoms with E-state index in [1.165, 1.54) is 12.1 Å². The van der Waals surface area contributed by atoms with Crippen molar-refractivity contribution in [1.29, 1.82) is 0 Å². The molecule has 1 amide bonds. The van der Waals surface area contributed by atoms with Gasteiger partial charge in [-0.1, -0.05) is 6.07 Å². The molecule has 0 aliphatic carbocycles. The van der Waals surface area contributed by atoms with Gasteiger partial charge in [-0.3, -0.25) is 19.8 Å². The number of aryl methyl sites for hydroxylation is 1. The lowest BCUT2D eigenvalue weighted by molar-refractivity contribution is -0.384. The second-order valence-corrected chi connectivity index (χ2v) is 7.92. The molecule has 1 N–H and O–H groups in total. The number of benzene rings is 1. The maximum Gasteiger partial charge on any atom is 0.269 e. The smallest absolute Gasteiger partial charge is 0.269 e. The molecule has 3 aromatic rings. The molecule has 1 aliphatic heterocycles. The molecule has 10 nitrogen and oxygen atoms in total. The van der Waals surface area contributed by atoms with E-state index in [4.69, 9.17) is 4.42 Å². The summed E-state index contributed by atoms with van der Waals surface area (Å²) in [6, 6.07) is 9.56. The summed E-state index contributed by atoms with van der Waals surface area (Å²) in [4.78, 5) is 29.6. The van der Waals surface area contributed by atoms with E-state index >= 15 is 0 Å². The molecule has 0 radical (unpaired) electrons. The number of rotatable bonds is 6. The van der Waals surface area contributed by atoms with Crippen LogP contribution in [0, 0.1) is 23.0 Å². The number of likely N-dealkylation sites (tertiary alicyclic amines) is 1. The van der Waals surface area contributed by atoms with Crippen LogP contribution in [-0.4, -0.2) is 44.0 Å². The van der Waals surface area contributed by atoms with Gasteiger partial charge in [0.25, 0.3) is 5.69 Å². The van der Waals surface area contributed by atoms with Gasteiger partial charge in [0.1, 0.15) is 5.82 Å². The highest BCUT2D eigenvalue weighted by atomic mass is 16.6. The van der Waals surface area contributed by atoms with Gasteiger partial charge in [-0.2, -0.15) is 0 Å². The molecule has 0 bridgehead atoms. The first-order valence-electron chi connectivity index (χ1n) is 10.5. The lowest BCUT2D eigenvalue weighted by Crippen LogP contribution is -2.42. The molecule has 4 rings (SSSR count). The van der Waals surface area contributed by atoms with E-state index in [9.17, 15) is 14.9 Å². The molecule has 0 unspecified atom stereocenters. The van der Waals surface area contributed by atoms with Crippen molar-refractivity contribution in [2.45, 2.75) is 32.7 Å². The monoisotopic (exact) mass is 436 g/mol. The second-order valence-electron chi connectivity index (χ2n) is 7.92. The Kier molecular flexibility index (Phi) is 6.22. The van der Waals surface area contributed by atoms with Gasteiger partial charge in [-0.15, -0.1) is 10.2 Å². The maximum atomic E-state index is 12.8. The summed E-state index contributed by atoms with van der Waals surface area (Å²) in [5.74, 6) is 1.14. The number of nitrogens with zero attached hydrogens (tertiary/aromatic N) is 5. The standard InChI is InChI=1S/C22H24N6O4/c1-14-5-3-11-23-19(14)24-20(29)17-6-4-12-27(13-17)15(2)21-25-26-22(32-21)16-7-9-18(10-8-16)28(30)31/h3,5,7-11,15,17H,4,6,12-13H2,1-2H3,(H,23,24,29)/t15-,17-/m1/s1. The summed E-state index contributed by atoms with van der Waals surface area (Å²) in [7, 11) is 0. The Labute approximate surface area is 184 Å². The average Bonchev–Trinajstić information content (AvgIpc) is 3.30. The third-order valence-electron chi connectivity index (χ3n) is 5.75. The highest BCUT2D eigenvalue weighted by Gasteiger charge is 2.31. The molecule has 32 heavy (non-hydrogen) atoms. The Morgan fingerprint density at radius 1 is 1.28 bits per heavy atom. The fourth-order valence-electron chi connectivity index (χ4n) is 3.81. The third kappa shape index (κ3) is 4.65. The number of nitro benzene ring substituents is 1. The van der Waals surface area contributed by atoms with E-state index in [1.807, 2.05) is 26.0 Å². The number of anilines is 1. The van der Waals surface area contributed by atoms with Crippen LogP contribution in [0.15, 0.2) is 47.0 Å². The number of carbonyl (C=O) groups excluding carboxylic acids is 1. The number of nitro groups is 1. The van der Waals surface area contributed by atoms with Crippen LogP contribution >= 0.6 is 0 Å². The zero-order valence-corrected chi connectivity index (χ0v) is 17.9. The van der Waals surface area contributed by atoms with Crippen LogP contribution in [0.3, 0.4) is 0 Å². The molecule has 1 aromatic carbocycles. The Balaban J connectivity index is 1.42. The van der Waals surface area contributed by atoms with Crippen molar-refractivity contribution in [3.05, 3.63) is 64.2 Å². The number of piperidine rings is 1. The summed E-state index contributed by atoms with van der Waals surface area (Å²) in [6.07, 6.45) is 3.35. The molecule has 166 valence electrons. The normalized spacial score (nSPS) is 17.6. The number of pyridine rings is 1. The lowest BCUT2D eigenvalue weighted by Gasteiger charge is -2.34. The number of nitrogens with one attached hydrogen (secondary N) is 1. The van der Waals surface area contributed by atoms with Crippen LogP contribution in [0.5, 0.6) is 0 Å². The molecule has 1 aliphatic rings. The van der Waals surface area contributed by atoms with Crippen LogP contribution in [0.4, 0.5) is 11.5 Å². The fraction of sp³-hybridized carbons (Fsp3) is 0.364. The summed E-state index contributed by atoms with van der Waals surface area (Å²) in [6.45, 7) is 5.28. The first-order valence-corrected chi connectivity index (χ1v) is 10.5. The Morgan fingerprint density at radius 3 is 2.78 bits per heavy atom. The van der Waals surface area contributed by atoms with E-state index < -0.39 is 4.92 Å². The minimum Gasteiger partial charge on any atom is -0.419 e. The summed E-state index contributed by atoms with van der Waals surface area (Å²) in [5.41, 5.74) is 1.54. The molecule has 0 spiro atoms. The van der Waals surface area contributed by atoms with Crippen molar-refractivity contribution >= 4 is 17.4 Å². The number of amides is 1. The quantitative estimate of drug-likeness (QED) is 0.457. The Bertz CT molecular complexity index is 1110. The van der Waals surface area contributed by atoms with Crippen LogP contribution in [0.2, 0.25) is 0 Å². The van der Waals surface area contributed by atoms with Gasteiger partial charge in [0.05, 0.1) is 16.9 Å². The van der Waals surface area contributed by atoms with E-state index in [2.05, 4.69) is 25.4 Å². The van der Waals surface area contributed by atoms with Gasteiger partial charge in [-0.25, -0.2) is 4.98 Å². The van der Waals surface area contributed by atoms with E-state index in [0.29, 0.717) is 29.7 Å². The number of hydrogen-bond donors (Lipinski definition) is 1. The van der Waals surface area contributed by atoms with Crippen molar-refractivity contribution < 1.29 is 14.1 Å². The molecule has 1 saturated heterocycles. The van der Waals surface area contributed by atoms with Gasteiger partial charge >= 0.3 is 0 Å². The Hall–Kier alpha value is -3.66. The van der Waals surface area contributed by atoms with E-state index in [0.717, 1.165) is 24.9 Å². The zero-order valence-electron chi connectivity index (χ0n) is 17.9. The zero-order chi connectivity index (χ0) is 22.7. The van der Waals surface area contributed by atoms with Crippen LogP contribution in [0.1, 0.15) is 37.3 Å². The van der Waals surface area contributed by atoms with Crippen molar-refractivity contribution in [2.75, 3.05) is 18.4 Å². The second kappa shape index (κ2) is 9.23. The fourth-order valence-corrected chi connectivity index (χ4v) is 3.81. The van der Waals surface area contributed by atoms with E-state index in [1.54, 1.807) is 18.3 Å². The van der Waals surface area contributed by atoms with Crippen molar-refractivity contribution in [3.8, 4) is 11.5 Å². The van der Waals surface area contributed by atoms with E-state index in [-0.39, 0.29) is 23.6 Å². The molecule has 2 aromatic heterocycles. The van der Waals surface area contributed by atoms with Gasteiger partial charge in [-0.05, 0) is 57.0 Å². The third-order valence-corrected chi connectivity index (χ3v) is 5.75. The van der Waals surface area contributed by atoms with Gasteiger partial charge < -0.3 is 9.73 Å². The lowest BCUT2D eigenvalue weighted by atomic mass is 9.96. The summed E-state index contributed by atoms with van der Waals surface area (Å²) in [5, 5.41) is 22.0. The highest BCUT2D eigenvalue weighted by Crippen LogP contribution is 2.29. The SMILES string of the molecule is Cc1cccnc1NC(=O)[C@@H]1CCCN([C@H](C)c2nnc(-c3ccc([N+](=O)[O-])cc3)o2)C1. The number of non-ortho nitro benzene ring substituents is 1. The van der Waals surface area contributed by atoms with Crippen LogP contribution in [0.25, 0.3) is 11.5 Å². The Morgan fingerprint density at radius 2 is 2.06 bits per heavy atom. The molecule has 2 atom stereocenters. The molecule has 0 saturated carbocycles. The number of carbonyl (C=O) groups is 1. The minimum absolute atomic E-state index is 0.000360. The average molecular weight is 436 g/mol. The predicted octanol–water partition coefficient (Wildman–Crippen LogP) is 3.76. The maximum absolute atomic E-state index is 12.8. The largest absolute Gasteiger partial charge is 0.419 e. The first kappa shape index (κ1) is 21.6. The molecule has 10 heteroatoms. The van der Waals surface area contributed by atoms with Crippen LogP contribution < -0.4 is 5.32 Å². The van der Waals surface area contributed by atoms with Gasteiger partial charge in [0, 0.05) is 30.4 Å². The van der Waals surface area contributed by atoms with Crippen molar-refractivity contribution in [3.63, 3.8) is 0 Å². The topological polar surface area (TPSA) is 127 Å². The summed E-state index contributed by atoms with van der Waals surface area (Å²) < 4.78 is 5.85. The van der Waals surface area contributed by atoms with Crippen molar-refractivity contribution in [2.24, 2.45) is 5.92 Å². The molecule has 1 fully saturated rings. The summed E-state index contributed by atoms with van der Waals surface area (Å²) >= 11 is 0. The molecule has 3 heterocycles. The number of aromatic nitrogens is 3. The van der Waals surface area contributed by atoms with Gasteiger partial charge in [0.2, 0.25) is 17.7 Å². The minimum atomic E-state index is -0.455. The van der Waals surface area contributed by atoms with Gasteiger partial charge in [0.15, 0.2) is 0 Å². The first-order chi connectivity index (χ1) is 15.4.